The second-order valence-electron chi connectivity index (χ2n) is 10.8. The maximum Gasteiger partial charge on any atom is 0.371 e. The van der Waals surface area contributed by atoms with Crippen molar-refractivity contribution in [2.75, 3.05) is 32.9 Å². The Kier molecular flexibility index (Phi) is 8.81. The summed E-state index contributed by atoms with van der Waals surface area (Å²) < 4.78 is 24.0. The van der Waals surface area contributed by atoms with Crippen molar-refractivity contribution in [3.8, 4) is 0 Å². The molecule has 33 heavy (non-hydrogen) atoms. The molecule has 0 radical (unpaired) electrons. The summed E-state index contributed by atoms with van der Waals surface area (Å²) in [6.45, 7) is 14.8. The summed E-state index contributed by atoms with van der Waals surface area (Å²) in [6, 6.07) is -0.00419. The van der Waals surface area contributed by atoms with Crippen molar-refractivity contribution in [1.29, 1.82) is 0 Å². The third-order valence-electron chi connectivity index (χ3n) is 6.84. The molecule has 8 heteroatoms. The van der Waals surface area contributed by atoms with Gasteiger partial charge in [-0.25, -0.2) is 9.69 Å². The lowest BCUT2D eigenvalue weighted by molar-refractivity contribution is -0.302. The van der Waals surface area contributed by atoms with E-state index >= 15 is 0 Å². The van der Waals surface area contributed by atoms with Crippen LogP contribution in [0.4, 0.5) is 0 Å². The van der Waals surface area contributed by atoms with Crippen molar-refractivity contribution in [2.45, 2.75) is 110 Å². The molecule has 0 amide bonds. The average molecular weight is 469 g/mol. The number of nitrogens with zero attached hydrogens (tertiary/aromatic N) is 2. The molecular formula is C25H44N2O6. The van der Waals surface area contributed by atoms with Gasteiger partial charge in [0.2, 0.25) is 0 Å². The van der Waals surface area contributed by atoms with Crippen LogP contribution in [0.5, 0.6) is 0 Å². The molecule has 1 saturated carbocycles. The number of carbonyl (C=O) groups excluding carboxylic acids is 2. The molecule has 2 saturated heterocycles. The van der Waals surface area contributed by atoms with Crippen LogP contribution in [-0.2, 0) is 28.5 Å². The quantitative estimate of drug-likeness (QED) is 0.527. The van der Waals surface area contributed by atoms with E-state index in [4.69, 9.17) is 18.9 Å². The Hall–Kier alpha value is -1.22. The van der Waals surface area contributed by atoms with Crippen LogP contribution >= 0.6 is 0 Å². The van der Waals surface area contributed by atoms with E-state index in [-0.39, 0.29) is 36.0 Å². The largest absolute Gasteiger partial charge is 0.466 e. The van der Waals surface area contributed by atoms with Gasteiger partial charge in [-0.05, 0) is 80.1 Å². The van der Waals surface area contributed by atoms with E-state index in [1.165, 1.54) is 0 Å². The Bertz CT molecular complexity index is 656. The number of esters is 2. The summed E-state index contributed by atoms with van der Waals surface area (Å²) >= 11 is 0. The minimum absolute atomic E-state index is 0.00209. The topological polar surface area (TPSA) is 77.5 Å². The standard InChI is InChI=1S/C25H44N2O6/c1-7-31-22(28)20-10-12-21(13-11-20)32-25(26-14-8-9-15-26,23(29)33-24(4,5)6)27-18(2)16-30-17-19(27)3/h18-21H,7-17H2,1-6H3/t18-,19+,20?,21?,25?. The molecule has 1 aliphatic carbocycles. The number of likely N-dealkylation sites (tertiary alicyclic amines) is 1. The first-order chi connectivity index (χ1) is 15.6. The third kappa shape index (κ3) is 6.08. The van der Waals surface area contributed by atoms with Gasteiger partial charge in [-0.2, -0.15) is 0 Å². The molecule has 0 spiro atoms. The fourth-order valence-electron chi connectivity index (χ4n) is 5.46. The lowest BCUT2D eigenvalue weighted by atomic mass is 9.87. The third-order valence-corrected chi connectivity index (χ3v) is 6.84. The molecule has 1 unspecified atom stereocenters. The van der Waals surface area contributed by atoms with Crippen LogP contribution in [0.1, 0.15) is 80.1 Å². The monoisotopic (exact) mass is 468 g/mol. The normalized spacial score (nSPS) is 31.7. The van der Waals surface area contributed by atoms with Crippen LogP contribution in [0.3, 0.4) is 0 Å². The molecule has 3 fully saturated rings. The Labute approximate surface area is 199 Å². The van der Waals surface area contributed by atoms with E-state index in [1.807, 2.05) is 27.7 Å². The van der Waals surface area contributed by atoms with Crippen LogP contribution in [0.2, 0.25) is 0 Å². The van der Waals surface area contributed by atoms with E-state index in [2.05, 4.69) is 23.6 Å². The molecule has 0 aromatic heterocycles. The van der Waals surface area contributed by atoms with E-state index in [1.54, 1.807) is 0 Å². The molecule has 3 atom stereocenters. The van der Waals surface area contributed by atoms with Crippen molar-refractivity contribution in [3.63, 3.8) is 0 Å². The van der Waals surface area contributed by atoms with E-state index < -0.39 is 11.4 Å². The molecule has 0 aromatic rings. The number of carbonyl (C=O) groups is 2. The van der Waals surface area contributed by atoms with Crippen LogP contribution in [-0.4, -0.2) is 84.3 Å². The van der Waals surface area contributed by atoms with Crippen LogP contribution < -0.4 is 0 Å². The highest BCUT2D eigenvalue weighted by Crippen LogP contribution is 2.39. The average Bonchev–Trinajstić information content (AvgIpc) is 3.27. The predicted octanol–water partition coefficient (Wildman–Crippen LogP) is 3.33. The highest BCUT2D eigenvalue weighted by Gasteiger charge is 2.58. The summed E-state index contributed by atoms with van der Waals surface area (Å²) in [5, 5.41) is 0. The SMILES string of the molecule is CCOC(=O)C1CCC(OC(C(=O)OC(C)(C)C)(N2CCCC2)N2[C@H](C)COC[C@@H]2C)CC1. The zero-order valence-electron chi connectivity index (χ0n) is 21.4. The maximum absolute atomic E-state index is 14.0. The summed E-state index contributed by atoms with van der Waals surface area (Å²) in [7, 11) is 0. The van der Waals surface area contributed by atoms with Gasteiger partial charge in [-0.1, -0.05) is 0 Å². The van der Waals surface area contributed by atoms with Crippen LogP contribution in [0.25, 0.3) is 0 Å². The van der Waals surface area contributed by atoms with Gasteiger partial charge in [-0.15, -0.1) is 0 Å². The number of hydrogen-bond donors (Lipinski definition) is 0. The zero-order chi connectivity index (χ0) is 24.2. The molecule has 0 bridgehead atoms. The van der Waals surface area contributed by atoms with Crippen molar-refractivity contribution < 1.29 is 28.5 Å². The zero-order valence-corrected chi connectivity index (χ0v) is 21.4. The molecule has 0 aromatic carbocycles. The Morgan fingerprint density at radius 3 is 2.06 bits per heavy atom. The highest BCUT2D eigenvalue weighted by atomic mass is 16.6. The highest BCUT2D eigenvalue weighted by molar-refractivity contribution is 5.79. The smallest absolute Gasteiger partial charge is 0.371 e. The van der Waals surface area contributed by atoms with Gasteiger partial charge in [0.05, 0.1) is 31.8 Å². The number of morpholine rings is 1. The Morgan fingerprint density at radius 1 is 0.970 bits per heavy atom. The fourth-order valence-corrected chi connectivity index (χ4v) is 5.46. The molecule has 3 aliphatic rings. The van der Waals surface area contributed by atoms with Crippen molar-refractivity contribution in [1.82, 2.24) is 9.80 Å². The Balaban J connectivity index is 1.91. The Morgan fingerprint density at radius 2 is 1.55 bits per heavy atom. The maximum atomic E-state index is 14.0. The summed E-state index contributed by atoms with van der Waals surface area (Å²) in [5.74, 6) is -1.85. The molecule has 190 valence electrons. The van der Waals surface area contributed by atoms with Gasteiger partial charge < -0.3 is 18.9 Å². The van der Waals surface area contributed by atoms with Gasteiger partial charge in [0.15, 0.2) is 0 Å². The second-order valence-corrected chi connectivity index (χ2v) is 10.8. The van der Waals surface area contributed by atoms with Crippen LogP contribution in [0, 0.1) is 5.92 Å². The van der Waals surface area contributed by atoms with Crippen molar-refractivity contribution in [2.24, 2.45) is 5.92 Å². The lowest BCUT2D eigenvalue weighted by Crippen LogP contribution is -2.74. The van der Waals surface area contributed by atoms with E-state index in [0.717, 1.165) is 38.8 Å². The van der Waals surface area contributed by atoms with Crippen molar-refractivity contribution >= 4 is 11.9 Å². The van der Waals surface area contributed by atoms with Gasteiger partial charge in [0.25, 0.3) is 5.85 Å². The molecule has 3 rings (SSSR count). The first kappa shape index (κ1) is 26.4. The van der Waals surface area contributed by atoms with Crippen LogP contribution in [0.15, 0.2) is 0 Å². The first-order valence-corrected chi connectivity index (χ1v) is 12.8. The van der Waals surface area contributed by atoms with Crippen molar-refractivity contribution in [3.05, 3.63) is 0 Å². The summed E-state index contributed by atoms with van der Waals surface area (Å²) in [6.07, 6.45) is 4.77. The first-order valence-electron chi connectivity index (χ1n) is 12.8. The molecule has 0 N–H and O–H groups in total. The summed E-state index contributed by atoms with van der Waals surface area (Å²) in [5.41, 5.74) is -0.633. The number of ether oxygens (including phenoxy) is 4. The van der Waals surface area contributed by atoms with Gasteiger partial charge in [0, 0.05) is 25.2 Å². The minimum Gasteiger partial charge on any atom is -0.466 e. The molecule has 2 heterocycles. The van der Waals surface area contributed by atoms with Gasteiger partial charge in [0.1, 0.15) is 5.60 Å². The second kappa shape index (κ2) is 11.0. The number of rotatable bonds is 7. The molecule has 2 aliphatic heterocycles. The van der Waals surface area contributed by atoms with Gasteiger partial charge in [-0.3, -0.25) is 9.69 Å². The minimum atomic E-state index is -1.30. The van der Waals surface area contributed by atoms with E-state index in [9.17, 15) is 9.59 Å². The molecular weight excluding hydrogens is 424 g/mol. The van der Waals surface area contributed by atoms with Gasteiger partial charge >= 0.3 is 11.9 Å². The fraction of sp³-hybridized carbons (Fsp3) is 0.920. The summed E-state index contributed by atoms with van der Waals surface area (Å²) in [4.78, 5) is 30.6. The molecule has 8 nitrogen and oxygen atoms in total. The van der Waals surface area contributed by atoms with E-state index in [0.29, 0.717) is 32.7 Å². The lowest BCUT2D eigenvalue weighted by Gasteiger charge is -2.54. The number of hydrogen-bond acceptors (Lipinski definition) is 8. The predicted molar refractivity (Wildman–Crippen MR) is 124 cm³/mol.